The van der Waals surface area contributed by atoms with Gasteiger partial charge in [-0.25, -0.2) is 0 Å². The maximum atomic E-state index is 12.6. The lowest BCUT2D eigenvalue weighted by Crippen LogP contribution is -2.55. The highest BCUT2D eigenvalue weighted by Crippen LogP contribution is 2.31. The van der Waals surface area contributed by atoms with E-state index in [1.165, 1.54) is 38.5 Å². The lowest BCUT2D eigenvalue weighted by atomic mass is 9.93. The van der Waals surface area contributed by atoms with Gasteiger partial charge in [0.05, 0.1) is 6.04 Å². The molecule has 1 saturated heterocycles. The van der Waals surface area contributed by atoms with Crippen molar-refractivity contribution in [3.8, 4) is 0 Å². The minimum Gasteiger partial charge on any atom is -0.333 e. The number of nitrogens with one attached hydrogen (secondary N) is 1. The Bertz CT molecular complexity index is 293. The molecule has 1 saturated carbocycles. The monoisotopic (exact) mass is 252 g/mol. The summed E-state index contributed by atoms with van der Waals surface area (Å²) in [5.74, 6) is 0.310. The molecule has 1 amide bonds. The topological polar surface area (TPSA) is 32.3 Å². The Kier molecular flexibility index (Phi) is 4.31. The average molecular weight is 252 g/mol. The van der Waals surface area contributed by atoms with Crippen LogP contribution in [0.25, 0.3) is 0 Å². The summed E-state index contributed by atoms with van der Waals surface area (Å²) in [4.78, 5) is 14.9. The highest BCUT2D eigenvalue weighted by Gasteiger charge is 2.39. The van der Waals surface area contributed by atoms with Gasteiger partial charge in [0.15, 0.2) is 0 Å². The Labute approximate surface area is 111 Å². The Morgan fingerprint density at radius 3 is 2.39 bits per heavy atom. The van der Waals surface area contributed by atoms with Crippen molar-refractivity contribution in [1.29, 1.82) is 0 Å². The Hall–Kier alpha value is -0.570. The fraction of sp³-hybridized carbons (Fsp3) is 0.933. The lowest BCUT2D eigenvalue weighted by Gasteiger charge is -2.43. The summed E-state index contributed by atoms with van der Waals surface area (Å²) in [6.45, 7) is 7.42. The average Bonchev–Trinajstić information content (AvgIpc) is 2.60. The van der Waals surface area contributed by atoms with Gasteiger partial charge in [0.1, 0.15) is 0 Å². The molecule has 0 aromatic heterocycles. The fourth-order valence-corrected chi connectivity index (χ4v) is 3.50. The van der Waals surface area contributed by atoms with Crippen LogP contribution in [0.5, 0.6) is 0 Å². The molecule has 1 aliphatic heterocycles. The van der Waals surface area contributed by atoms with Crippen molar-refractivity contribution < 1.29 is 4.79 Å². The van der Waals surface area contributed by atoms with Crippen LogP contribution in [0, 0.1) is 0 Å². The SMILES string of the molecule is CC1NCCC(C)(C)N(C2CCCCCC2)C1=O. The van der Waals surface area contributed by atoms with Gasteiger partial charge in [0.2, 0.25) is 5.91 Å². The quantitative estimate of drug-likeness (QED) is 0.728. The minimum atomic E-state index is -0.0185. The summed E-state index contributed by atoms with van der Waals surface area (Å²) in [5, 5.41) is 3.34. The predicted octanol–water partition coefficient (Wildman–Crippen LogP) is 2.70. The molecule has 104 valence electrons. The molecule has 0 spiro atoms. The number of carbonyl (C=O) groups excluding carboxylic acids is 1. The van der Waals surface area contributed by atoms with Gasteiger partial charge < -0.3 is 10.2 Å². The van der Waals surface area contributed by atoms with Crippen LogP contribution in [-0.2, 0) is 4.79 Å². The standard InChI is InChI=1S/C15H28N2O/c1-12-14(18)17(15(2,3)10-11-16-12)13-8-6-4-5-7-9-13/h12-13,16H,4-11H2,1-3H3. The molecule has 1 unspecified atom stereocenters. The number of hydrogen-bond donors (Lipinski definition) is 1. The second kappa shape index (κ2) is 5.60. The molecule has 0 bridgehead atoms. The number of amides is 1. The third-order valence-electron chi connectivity index (χ3n) is 4.64. The summed E-state index contributed by atoms with van der Waals surface area (Å²) in [7, 11) is 0. The molecular formula is C15H28N2O. The second-order valence-electron chi connectivity index (χ2n) is 6.59. The zero-order valence-electron chi connectivity index (χ0n) is 12.2. The fourth-order valence-electron chi connectivity index (χ4n) is 3.50. The van der Waals surface area contributed by atoms with E-state index in [-0.39, 0.29) is 11.6 Å². The summed E-state index contributed by atoms with van der Waals surface area (Å²) in [5.41, 5.74) is 0.00382. The minimum absolute atomic E-state index is 0.00382. The molecule has 0 aromatic rings. The third-order valence-corrected chi connectivity index (χ3v) is 4.64. The summed E-state index contributed by atoms with van der Waals surface area (Å²) in [6, 6.07) is 0.451. The Morgan fingerprint density at radius 2 is 1.78 bits per heavy atom. The number of nitrogens with zero attached hydrogens (tertiary/aromatic N) is 1. The molecule has 1 atom stereocenters. The molecule has 2 aliphatic rings. The van der Waals surface area contributed by atoms with Crippen molar-refractivity contribution in [2.45, 2.75) is 83.3 Å². The van der Waals surface area contributed by atoms with Crippen molar-refractivity contribution in [1.82, 2.24) is 10.2 Å². The smallest absolute Gasteiger partial charge is 0.240 e. The largest absolute Gasteiger partial charge is 0.333 e. The molecule has 2 fully saturated rings. The first-order valence-electron chi connectivity index (χ1n) is 7.59. The molecule has 1 heterocycles. The number of rotatable bonds is 1. The molecule has 0 radical (unpaired) electrons. The van der Waals surface area contributed by atoms with Crippen LogP contribution >= 0.6 is 0 Å². The van der Waals surface area contributed by atoms with Crippen LogP contribution in [-0.4, -0.2) is 35.0 Å². The van der Waals surface area contributed by atoms with Gasteiger partial charge in [0, 0.05) is 11.6 Å². The first-order chi connectivity index (χ1) is 8.52. The van der Waals surface area contributed by atoms with Crippen molar-refractivity contribution >= 4 is 5.91 Å². The van der Waals surface area contributed by atoms with Gasteiger partial charge >= 0.3 is 0 Å². The Balaban J connectivity index is 2.20. The zero-order chi connectivity index (χ0) is 13.2. The van der Waals surface area contributed by atoms with E-state index >= 15 is 0 Å². The normalized spacial score (nSPS) is 30.9. The summed E-state index contributed by atoms with van der Waals surface area (Å²) >= 11 is 0. The van der Waals surface area contributed by atoms with E-state index in [4.69, 9.17) is 0 Å². The first-order valence-corrected chi connectivity index (χ1v) is 7.59. The van der Waals surface area contributed by atoms with E-state index in [0.29, 0.717) is 11.9 Å². The van der Waals surface area contributed by atoms with Gasteiger partial charge in [-0.1, -0.05) is 25.7 Å². The van der Waals surface area contributed by atoms with Crippen molar-refractivity contribution in [2.24, 2.45) is 0 Å². The van der Waals surface area contributed by atoms with E-state index in [1.54, 1.807) is 0 Å². The van der Waals surface area contributed by atoms with Crippen LogP contribution < -0.4 is 5.32 Å². The molecule has 1 N–H and O–H groups in total. The van der Waals surface area contributed by atoms with E-state index in [1.807, 2.05) is 6.92 Å². The maximum Gasteiger partial charge on any atom is 0.240 e. The number of carbonyl (C=O) groups is 1. The van der Waals surface area contributed by atoms with Gasteiger partial charge in [0.25, 0.3) is 0 Å². The summed E-state index contributed by atoms with van der Waals surface area (Å²) < 4.78 is 0. The zero-order valence-corrected chi connectivity index (χ0v) is 12.2. The van der Waals surface area contributed by atoms with Gasteiger partial charge in [-0.15, -0.1) is 0 Å². The van der Waals surface area contributed by atoms with E-state index in [2.05, 4.69) is 24.1 Å². The van der Waals surface area contributed by atoms with Gasteiger partial charge in [-0.2, -0.15) is 0 Å². The third kappa shape index (κ3) is 2.87. The van der Waals surface area contributed by atoms with Crippen molar-refractivity contribution in [3.05, 3.63) is 0 Å². The molecule has 1 aliphatic carbocycles. The van der Waals surface area contributed by atoms with Gasteiger partial charge in [-0.3, -0.25) is 4.79 Å². The first kappa shape index (κ1) is 13.9. The van der Waals surface area contributed by atoms with E-state index in [0.717, 1.165) is 13.0 Å². The second-order valence-corrected chi connectivity index (χ2v) is 6.59. The molecule has 0 aromatic carbocycles. The van der Waals surface area contributed by atoms with Crippen molar-refractivity contribution in [3.63, 3.8) is 0 Å². The molecule has 3 heteroatoms. The van der Waals surface area contributed by atoms with Crippen LogP contribution in [0.15, 0.2) is 0 Å². The van der Waals surface area contributed by atoms with E-state index < -0.39 is 0 Å². The van der Waals surface area contributed by atoms with Crippen LogP contribution in [0.2, 0.25) is 0 Å². The van der Waals surface area contributed by atoms with Crippen molar-refractivity contribution in [2.75, 3.05) is 6.54 Å². The van der Waals surface area contributed by atoms with E-state index in [9.17, 15) is 4.79 Å². The predicted molar refractivity (Wildman–Crippen MR) is 74.5 cm³/mol. The molecular weight excluding hydrogens is 224 g/mol. The van der Waals surface area contributed by atoms with Gasteiger partial charge in [-0.05, 0) is 46.6 Å². The highest BCUT2D eigenvalue weighted by atomic mass is 16.2. The Morgan fingerprint density at radius 1 is 1.17 bits per heavy atom. The molecule has 2 rings (SSSR count). The molecule has 3 nitrogen and oxygen atoms in total. The summed E-state index contributed by atoms with van der Waals surface area (Å²) in [6.07, 6.45) is 8.70. The lowest BCUT2D eigenvalue weighted by molar-refractivity contribution is -0.140. The van der Waals surface area contributed by atoms with Crippen LogP contribution in [0.3, 0.4) is 0 Å². The maximum absolute atomic E-state index is 12.6. The van der Waals surface area contributed by atoms with Crippen LogP contribution in [0.1, 0.15) is 65.7 Å². The number of hydrogen-bond acceptors (Lipinski definition) is 2. The van der Waals surface area contributed by atoms with Crippen LogP contribution in [0.4, 0.5) is 0 Å². The highest BCUT2D eigenvalue weighted by molar-refractivity contribution is 5.82. The molecule has 18 heavy (non-hydrogen) atoms.